The molecule has 3 aromatic rings. The molecule has 126 valence electrons. The van der Waals surface area contributed by atoms with Crippen LogP contribution in [0.15, 0.2) is 24.4 Å². The summed E-state index contributed by atoms with van der Waals surface area (Å²) in [5.41, 5.74) is 3.11. The summed E-state index contributed by atoms with van der Waals surface area (Å²) in [7, 11) is 0. The molecule has 0 bridgehead atoms. The molecule has 0 saturated carbocycles. The van der Waals surface area contributed by atoms with Gasteiger partial charge in [0.05, 0.1) is 21.3 Å². The minimum absolute atomic E-state index is 0.00160. The molecule has 4 rings (SSSR count). The highest BCUT2D eigenvalue weighted by molar-refractivity contribution is 7.19. The maximum atomic E-state index is 13.7. The molecule has 2 heterocycles. The number of anilines is 1. The number of aromatic nitrogens is 3. The number of benzene rings is 1. The van der Waals surface area contributed by atoms with E-state index in [1.165, 1.54) is 24.3 Å². The number of carbonyl (C=O) groups excluding carboxylic acids is 1. The van der Waals surface area contributed by atoms with Crippen LogP contribution in [0.1, 0.15) is 18.2 Å². The molecule has 0 aliphatic heterocycles. The minimum atomic E-state index is -0.507. The Morgan fingerprint density at radius 2 is 2.16 bits per heavy atom. The number of rotatable bonds is 2. The molecule has 1 N–H and O–H groups in total. The predicted molar refractivity (Wildman–Crippen MR) is 95.3 cm³/mol. The van der Waals surface area contributed by atoms with Crippen LogP contribution in [0, 0.1) is 5.82 Å². The van der Waals surface area contributed by atoms with Crippen molar-refractivity contribution in [3.63, 3.8) is 0 Å². The summed E-state index contributed by atoms with van der Waals surface area (Å²) < 4.78 is 13.7. The molecule has 1 aromatic carbocycles. The van der Waals surface area contributed by atoms with Crippen molar-refractivity contribution in [1.29, 1.82) is 0 Å². The van der Waals surface area contributed by atoms with Crippen LogP contribution in [0.3, 0.4) is 0 Å². The normalized spacial score (nSPS) is 12.4. The highest BCUT2D eigenvalue weighted by Gasteiger charge is 2.24. The molecule has 0 fully saturated rings. The molecule has 5 nitrogen and oxygen atoms in total. The van der Waals surface area contributed by atoms with Crippen molar-refractivity contribution in [3.05, 3.63) is 46.5 Å². The van der Waals surface area contributed by atoms with Crippen LogP contribution < -0.4 is 5.32 Å². The number of fused-ring (bicyclic) bond motifs is 3. The van der Waals surface area contributed by atoms with Crippen molar-refractivity contribution in [3.8, 4) is 22.0 Å². The molecular weight excluding hydrogens is 363 g/mol. The van der Waals surface area contributed by atoms with Gasteiger partial charge in [0, 0.05) is 18.7 Å². The third kappa shape index (κ3) is 2.89. The molecule has 1 amide bonds. The summed E-state index contributed by atoms with van der Waals surface area (Å²) in [5.74, 6) is -0.307. The quantitative estimate of drug-likeness (QED) is 0.732. The summed E-state index contributed by atoms with van der Waals surface area (Å²) >= 11 is 7.44. The van der Waals surface area contributed by atoms with Crippen LogP contribution in [0.2, 0.25) is 5.02 Å². The van der Waals surface area contributed by atoms with Gasteiger partial charge < -0.3 is 5.32 Å². The van der Waals surface area contributed by atoms with Crippen LogP contribution in [0.5, 0.6) is 0 Å². The Morgan fingerprint density at radius 3 is 2.96 bits per heavy atom. The van der Waals surface area contributed by atoms with E-state index in [1.54, 1.807) is 18.3 Å². The molecule has 0 saturated heterocycles. The molecule has 0 spiro atoms. The average molecular weight is 375 g/mol. The molecule has 2 aromatic heterocycles. The van der Waals surface area contributed by atoms with Crippen molar-refractivity contribution in [1.82, 2.24) is 15.0 Å². The van der Waals surface area contributed by atoms with Gasteiger partial charge in [0.25, 0.3) is 0 Å². The number of hydrogen-bond acceptors (Lipinski definition) is 5. The molecule has 0 radical (unpaired) electrons. The van der Waals surface area contributed by atoms with Crippen molar-refractivity contribution in [2.45, 2.75) is 19.8 Å². The second-order valence-electron chi connectivity index (χ2n) is 5.64. The van der Waals surface area contributed by atoms with E-state index >= 15 is 0 Å². The van der Waals surface area contributed by atoms with Crippen molar-refractivity contribution < 1.29 is 9.18 Å². The summed E-state index contributed by atoms with van der Waals surface area (Å²) in [6.07, 6.45) is 3.28. The van der Waals surface area contributed by atoms with Crippen LogP contribution in [-0.2, 0) is 17.6 Å². The van der Waals surface area contributed by atoms with Crippen LogP contribution >= 0.6 is 22.9 Å². The van der Waals surface area contributed by atoms with Gasteiger partial charge in [0.1, 0.15) is 5.82 Å². The third-order valence-electron chi connectivity index (χ3n) is 3.88. The van der Waals surface area contributed by atoms with Gasteiger partial charge in [-0.1, -0.05) is 29.0 Å². The molecule has 8 heteroatoms. The SMILES string of the molecule is CC(=O)Nc1nc2c(s1)-c1nc(-c3cccc(F)c3Cl)ncc1CC2. The fourth-order valence-corrected chi connectivity index (χ4v) is 4.05. The van der Waals surface area contributed by atoms with Gasteiger partial charge in [-0.15, -0.1) is 0 Å². The van der Waals surface area contributed by atoms with E-state index in [2.05, 4.69) is 20.3 Å². The first-order chi connectivity index (χ1) is 12.0. The first kappa shape index (κ1) is 16.1. The summed E-state index contributed by atoms with van der Waals surface area (Å²) in [6, 6.07) is 4.56. The minimum Gasteiger partial charge on any atom is -0.302 e. The Morgan fingerprint density at radius 1 is 1.32 bits per heavy atom. The number of aryl methyl sites for hydroxylation is 2. The number of nitrogens with zero attached hydrogens (tertiary/aromatic N) is 3. The zero-order valence-corrected chi connectivity index (χ0v) is 14.7. The van der Waals surface area contributed by atoms with E-state index in [0.717, 1.165) is 34.7 Å². The van der Waals surface area contributed by atoms with Crippen molar-refractivity contribution >= 4 is 34.0 Å². The first-order valence-electron chi connectivity index (χ1n) is 7.61. The topological polar surface area (TPSA) is 67.8 Å². The van der Waals surface area contributed by atoms with E-state index in [9.17, 15) is 9.18 Å². The molecular formula is C17H12ClFN4OS. The smallest absolute Gasteiger partial charge is 0.223 e. The lowest BCUT2D eigenvalue weighted by atomic mass is 9.99. The van der Waals surface area contributed by atoms with Gasteiger partial charge in [0.15, 0.2) is 11.0 Å². The zero-order valence-electron chi connectivity index (χ0n) is 13.1. The lowest BCUT2D eigenvalue weighted by Gasteiger charge is -2.14. The zero-order chi connectivity index (χ0) is 17.6. The Bertz CT molecular complexity index is 1000. The number of nitrogens with one attached hydrogen (secondary N) is 1. The van der Waals surface area contributed by atoms with E-state index in [4.69, 9.17) is 11.6 Å². The van der Waals surface area contributed by atoms with E-state index < -0.39 is 5.82 Å². The molecule has 0 unspecified atom stereocenters. The fraction of sp³-hybridized carbons (Fsp3) is 0.176. The fourth-order valence-electron chi connectivity index (χ4n) is 2.76. The van der Waals surface area contributed by atoms with Crippen LogP contribution in [-0.4, -0.2) is 20.9 Å². The van der Waals surface area contributed by atoms with E-state index in [0.29, 0.717) is 16.5 Å². The number of carbonyl (C=O) groups is 1. The highest BCUT2D eigenvalue weighted by atomic mass is 35.5. The lowest BCUT2D eigenvalue weighted by molar-refractivity contribution is -0.114. The summed E-state index contributed by atoms with van der Waals surface area (Å²) in [5, 5.41) is 3.26. The van der Waals surface area contributed by atoms with Gasteiger partial charge in [-0.3, -0.25) is 4.79 Å². The van der Waals surface area contributed by atoms with E-state index in [1.807, 2.05) is 0 Å². The Hall–Kier alpha value is -2.38. The van der Waals surface area contributed by atoms with Crippen LogP contribution in [0.25, 0.3) is 22.0 Å². The van der Waals surface area contributed by atoms with Gasteiger partial charge in [-0.25, -0.2) is 19.3 Å². The van der Waals surface area contributed by atoms with Crippen molar-refractivity contribution in [2.24, 2.45) is 0 Å². The monoisotopic (exact) mass is 374 g/mol. The number of thiazole rings is 1. The van der Waals surface area contributed by atoms with Gasteiger partial charge in [-0.05, 0) is 30.5 Å². The first-order valence-corrected chi connectivity index (χ1v) is 8.80. The molecule has 25 heavy (non-hydrogen) atoms. The maximum absolute atomic E-state index is 13.7. The van der Waals surface area contributed by atoms with E-state index in [-0.39, 0.29) is 10.9 Å². The standard InChI is InChI=1S/C17H12ClFN4OS/c1-8(24)21-17-22-12-6-5-9-7-20-16(23-14(9)15(12)25-17)10-3-2-4-11(19)13(10)18/h2-4,7H,5-6H2,1H3,(H,21,22,24). The number of amides is 1. The largest absolute Gasteiger partial charge is 0.302 e. The maximum Gasteiger partial charge on any atom is 0.223 e. The predicted octanol–water partition coefficient (Wildman–Crippen LogP) is 4.12. The van der Waals surface area contributed by atoms with Crippen LogP contribution in [0.4, 0.5) is 9.52 Å². The summed E-state index contributed by atoms with van der Waals surface area (Å²) in [6.45, 7) is 1.44. The Balaban J connectivity index is 1.82. The molecule has 0 atom stereocenters. The molecule has 1 aliphatic carbocycles. The van der Waals surface area contributed by atoms with Crippen molar-refractivity contribution in [2.75, 3.05) is 5.32 Å². The van der Waals surface area contributed by atoms with Gasteiger partial charge in [-0.2, -0.15) is 0 Å². The van der Waals surface area contributed by atoms with Gasteiger partial charge in [0.2, 0.25) is 5.91 Å². The molecule has 1 aliphatic rings. The van der Waals surface area contributed by atoms with Gasteiger partial charge >= 0.3 is 0 Å². The lowest BCUT2D eigenvalue weighted by Crippen LogP contribution is -2.07. The Kier molecular flexibility index (Phi) is 3.97. The summed E-state index contributed by atoms with van der Waals surface area (Å²) in [4.78, 5) is 25.6. The average Bonchev–Trinajstić information content (AvgIpc) is 2.99. The number of halogens is 2. The Labute approximate surface area is 151 Å². The third-order valence-corrected chi connectivity index (χ3v) is 5.29. The number of hydrogen-bond donors (Lipinski definition) is 1. The highest BCUT2D eigenvalue weighted by Crippen LogP contribution is 2.39. The second-order valence-corrected chi connectivity index (χ2v) is 7.02. The second kappa shape index (κ2) is 6.16.